The maximum Gasteiger partial charge on any atom is 0.336 e. The van der Waals surface area contributed by atoms with Crippen molar-refractivity contribution < 1.29 is 13.0 Å². The fraction of sp³-hybridized carbons (Fsp3) is 0.778. The molecule has 1 fully saturated rings. The highest BCUT2D eigenvalue weighted by Gasteiger charge is 2.28. The molecule has 0 spiro atoms. The minimum Gasteiger partial charge on any atom is -0.273 e. The van der Waals surface area contributed by atoms with Crippen molar-refractivity contribution >= 4 is 10.3 Å². The van der Waals surface area contributed by atoms with Crippen LogP contribution in [0.25, 0.3) is 0 Å². The lowest BCUT2D eigenvalue weighted by Crippen LogP contribution is -2.41. The highest BCUT2D eigenvalue weighted by molar-refractivity contribution is 7.83. The van der Waals surface area contributed by atoms with E-state index >= 15 is 0 Å². The summed E-state index contributed by atoms with van der Waals surface area (Å²) < 4.78 is 32.3. The van der Waals surface area contributed by atoms with E-state index in [9.17, 15) is 8.42 Å². The van der Waals surface area contributed by atoms with E-state index in [1.807, 2.05) is 0 Å². The molecular formula is C9H17NO3S. The summed E-state index contributed by atoms with van der Waals surface area (Å²) in [5.74, 6) is 0. The van der Waals surface area contributed by atoms with Crippen LogP contribution < -0.4 is 0 Å². The first-order valence-corrected chi connectivity index (χ1v) is 6.30. The van der Waals surface area contributed by atoms with Crippen LogP contribution in [0.3, 0.4) is 0 Å². The van der Waals surface area contributed by atoms with Crippen molar-refractivity contribution in [1.82, 2.24) is 4.31 Å². The van der Waals surface area contributed by atoms with Gasteiger partial charge < -0.3 is 0 Å². The molecule has 1 rings (SSSR count). The zero-order valence-electron chi connectivity index (χ0n) is 8.22. The maximum absolute atomic E-state index is 11.1. The number of nitrogens with zero attached hydrogens (tertiary/aromatic N) is 1. The smallest absolute Gasteiger partial charge is 0.273 e. The molecule has 0 aliphatic heterocycles. The van der Waals surface area contributed by atoms with Gasteiger partial charge in [-0.1, -0.05) is 25.3 Å². The van der Waals surface area contributed by atoms with Gasteiger partial charge in [0.25, 0.3) is 0 Å². The molecule has 0 bridgehead atoms. The van der Waals surface area contributed by atoms with Gasteiger partial charge in [0.15, 0.2) is 0 Å². The molecule has 0 aromatic carbocycles. The quantitative estimate of drug-likeness (QED) is 0.577. The molecule has 5 heteroatoms. The molecule has 0 unspecified atom stereocenters. The maximum atomic E-state index is 11.1. The molecule has 14 heavy (non-hydrogen) atoms. The highest BCUT2D eigenvalue weighted by atomic mass is 32.2. The van der Waals surface area contributed by atoms with Crippen LogP contribution in [0.5, 0.6) is 0 Å². The summed E-state index contributed by atoms with van der Waals surface area (Å²) >= 11 is 0. The largest absolute Gasteiger partial charge is 0.336 e. The van der Waals surface area contributed by atoms with Crippen molar-refractivity contribution in [1.29, 1.82) is 0 Å². The van der Waals surface area contributed by atoms with Crippen molar-refractivity contribution in [3.05, 3.63) is 12.7 Å². The molecule has 1 aliphatic carbocycles. The topological polar surface area (TPSA) is 57.6 Å². The van der Waals surface area contributed by atoms with Gasteiger partial charge in [0.2, 0.25) is 0 Å². The van der Waals surface area contributed by atoms with Gasteiger partial charge in [0, 0.05) is 12.6 Å². The molecule has 0 aromatic heterocycles. The molecule has 0 heterocycles. The van der Waals surface area contributed by atoms with Gasteiger partial charge in [-0.05, 0) is 12.8 Å². The summed E-state index contributed by atoms with van der Waals surface area (Å²) in [6, 6.07) is -0.0447. The molecule has 1 N–H and O–H groups in total. The summed E-state index contributed by atoms with van der Waals surface area (Å²) in [4.78, 5) is 0. The van der Waals surface area contributed by atoms with Gasteiger partial charge in [-0.15, -0.1) is 6.58 Å². The first-order valence-electron chi connectivity index (χ1n) is 4.91. The van der Waals surface area contributed by atoms with Gasteiger partial charge in [-0.2, -0.15) is 12.7 Å². The minimum absolute atomic E-state index is 0.0447. The van der Waals surface area contributed by atoms with E-state index in [-0.39, 0.29) is 12.6 Å². The van der Waals surface area contributed by atoms with Gasteiger partial charge in [-0.3, -0.25) is 4.55 Å². The van der Waals surface area contributed by atoms with Crippen LogP contribution in [0.4, 0.5) is 0 Å². The fourth-order valence-corrected chi connectivity index (χ4v) is 2.81. The van der Waals surface area contributed by atoms with Crippen molar-refractivity contribution in [2.45, 2.75) is 38.1 Å². The third kappa shape index (κ3) is 3.08. The van der Waals surface area contributed by atoms with Crippen LogP contribution in [0, 0.1) is 0 Å². The number of rotatable bonds is 4. The highest BCUT2D eigenvalue weighted by Crippen LogP contribution is 2.23. The number of hydrogen-bond acceptors (Lipinski definition) is 2. The van der Waals surface area contributed by atoms with E-state index in [0.29, 0.717) is 0 Å². The Morgan fingerprint density at radius 2 is 1.93 bits per heavy atom. The molecule has 0 aromatic rings. The van der Waals surface area contributed by atoms with E-state index < -0.39 is 10.3 Å². The van der Waals surface area contributed by atoms with Crippen molar-refractivity contribution in [2.24, 2.45) is 0 Å². The lowest BCUT2D eigenvalue weighted by molar-refractivity contribution is 0.248. The first-order chi connectivity index (χ1) is 6.55. The molecule has 0 saturated heterocycles. The number of hydrogen-bond donors (Lipinski definition) is 1. The van der Waals surface area contributed by atoms with E-state index in [0.717, 1.165) is 36.4 Å². The van der Waals surface area contributed by atoms with E-state index in [4.69, 9.17) is 4.55 Å². The summed E-state index contributed by atoms with van der Waals surface area (Å²) in [7, 11) is -4.06. The van der Waals surface area contributed by atoms with Gasteiger partial charge in [0.1, 0.15) is 0 Å². The summed E-state index contributed by atoms with van der Waals surface area (Å²) in [5, 5.41) is 0. The zero-order valence-corrected chi connectivity index (χ0v) is 9.04. The van der Waals surface area contributed by atoms with Gasteiger partial charge in [-0.25, -0.2) is 0 Å². The SMILES string of the molecule is C=CCN(C1CCCCC1)S(=O)(=O)O. The predicted octanol–water partition coefficient (Wildman–Crippen LogP) is 1.61. The second-order valence-electron chi connectivity index (χ2n) is 3.63. The van der Waals surface area contributed by atoms with Gasteiger partial charge >= 0.3 is 10.3 Å². The lowest BCUT2D eigenvalue weighted by Gasteiger charge is -2.30. The Kier molecular flexibility index (Phi) is 4.10. The summed E-state index contributed by atoms with van der Waals surface area (Å²) in [6.07, 6.45) is 6.41. The minimum atomic E-state index is -4.06. The molecule has 0 radical (unpaired) electrons. The predicted molar refractivity (Wildman–Crippen MR) is 55.3 cm³/mol. The van der Waals surface area contributed by atoms with Crippen molar-refractivity contribution in [3.63, 3.8) is 0 Å². The molecule has 0 amide bonds. The summed E-state index contributed by atoms with van der Waals surface area (Å²) in [6.45, 7) is 3.69. The Balaban J connectivity index is 2.70. The molecular weight excluding hydrogens is 202 g/mol. The third-order valence-corrected chi connectivity index (χ3v) is 3.63. The van der Waals surface area contributed by atoms with Crippen LogP contribution >= 0.6 is 0 Å². The van der Waals surface area contributed by atoms with Crippen molar-refractivity contribution in [2.75, 3.05) is 6.54 Å². The first kappa shape index (κ1) is 11.7. The van der Waals surface area contributed by atoms with Crippen LogP contribution in [-0.4, -0.2) is 29.9 Å². The van der Waals surface area contributed by atoms with Crippen LogP contribution in [-0.2, 0) is 10.3 Å². The summed E-state index contributed by atoms with van der Waals surface area (Å²) in [5.41, 5.74) is 0. The zero-order chi connectivity index (χ0) is 10.6. The average Bonchev–Trinajstić information content (AvgIpc) is 2.14. The fourth-order valence-electron chi connectivity index (χ4n) is 1.93. The van der Waals surface area contributed by atoms with Gasteiger partial charge in [0.05, 0.1) is 0 Å². The Bertz CT molecular complexity index is 280. The molecule has 1 saturated carbocycles. The second kappa shape index (κ2) is 4.91. The Morgan fingerprint density at radius 3 is 2.36 bits per heavy atom. The Hall–Kier alpha value is -0.390. The average molecular weight is 219 g/mol. The van der Waals surface area contributed by atoms with Crippen molar-refractivity contribution in [3.8, 4) is 0 Å². The second-order valence-corrected chi connectivity index (χ2v) is 4.99. The molecule has 1 aliphatic rings. The van der Waals surface area contributed by atoms with E-state index in [2.05, 4.69) is 6.58 Å². The van der Waals surface area contributed by atoms with Crippen LogP contribution in [0.15, 0.2) is 12.7 Å². The van der Waals surface area contributed by atoms with E-state index in [1.54, 1.807) is 0 Å². The molecule has 0 atom stereocenters. The molecule has 82 valence electrons. The lowest BCUT2D eigenvalue weighted by atomic mass is 9.95. The van der Waals surface area contributed by atoms with Crippen LogP contribution in [0.1, 0.15) is 32.1 Å². The monoisotopic (exact) mass is 219 g/mol. The Morgan fingerprint density at radius 1 is 1.36 bits per heavy atom. The third-order valence-electron chi connectivity index (χ3n) is 2.59. The molecule has 4 nitrogen and oxygen atoms in total. The van der Waals surface area contributed by atoms with Crippen LogP contribution in [0.2, 0.25) is 0 Å². The Labute approximate surface area is 85.5 Å². The standard InChI is InChI=1S/C9H17NO3S/c1-2-8-10(14(11,12)13)9-6-4-3-5-7-9/h2,9H,1,3-8H2,(H,11,12,13). The van der Waals surface area contributed by atoms with E-state index in [1.165, 1.54) is 6.08 Å². The normalized spacial score (nSPS) is 19.9.